The quantitative estimate of drug-likeness (QED) is 0.617. The van der Waals surface area contributed by atoms with Gasteiger partial charge >= 0.3 is 0 Å². The van der Waals surface area contributed by atoms with Crippen molar-refractivity contribution in [3.8, 4) is 0 Å². The van der Waals surface area contributed by atoms with Crippen LogP contribution in [0.25, 0.3) is 0 Å². The van der Waals surface area contributed by atoms with Crippen molar-refractivity contribution >= 4 is 0 Å². The lowest BCUT2D eigenvalue weighted by Crippen LogP contribution is -2.71. The molecule has 4 aliphatic carbocycles. The van der Waals surface area contributed by atoms with Gasteiger partial charge in [-0.15, -0.1) is 0 Å². The lowest BCUT2D eigenvalue weighted by molar-refractivity contribution is -0.116. The van der Waals surface area contributed by atoms with Crippen LogP contribution >= 0.6 is 0 Å². The molecule has 4 saturated carbocycles. The summed E-state index contributed by atoms with van der Waals surface area (Å²) in [4.78, 5) is 0. The molecule has 14 heavy (non-hydrogen) atoms. The minimum Gasteiger partial charge on any atom is -0.325 e. The highest BCUT2D eigenvalue weighted by Crippen LogP contribution is 2.66. The van der Waals surface area contributed by atoms with Gasteiger partial charge in [0.15, 0.2) is 0 Å². The maximum absolute atomic E-state index is 6.50. The lowest BCUT2D eigenvalue weighted by atomic mass is 9.41. The number of hydrogen-bond acceptors (Lipinski definition) is 2. The second kappa shape index (κ2) is 2.05. The van der Waals surface area contributed by atoms with Gasteiger partial charge in [0, 0.05) is 11.1 Å². The van der Waals surface area contributed by atoms with Gasteiger partial charge in [-0.2, -0.15) is 0 Å². The van der Waals surface area contributed by atoms with Crippen molar-refractivity contribution < 1.29 is 0 Å². The van der Waals surface area contributed by atoms with Crippen LogP contribution in [0.1, 0.15) is 52.4 Å². The Morgan fingerprint density at radius 1 is 0.643 bits per heavy atom. The zero-order chi connectivity index (χ0) is 10.2. The number of nitrogens with two attached hydrogens (primary N) is 2. The van der Waals surface area contributed by atoms with Gasteiger partial charge in [-0.1, -0.05) is 13.8 Å². The largest absolute Gasteiger partial charge is 0.325 e. The second-order valence-electron chi connectivity index (χ2n) is 7.41. The fraction of sp³-hybridized carbons (Fsp3) is 1.00. The molecule has 0 aromatic rings. The van der Waals surface area contributed by atoms with Crippen molar-refractivity contribution in [2.24, 2.45) is 22.3 Å². The summed E-state index contributed by atoms with van der Waals surface area (Å²) in [7, 11) is 0. The fourth-order valence-electron chi connectivity index (χ4n) is 5.88. The van der Waals surface area contributed by atoms with Crippen LogP contribution in [0.15, 0.2) is 0 Å². The first-order valence-corrected chi connectivity index (χ1v) is 5.82. The fourth-order valence-corrected chi connectivity index (χ4v) is 5.88. The van der Waals surface area contributed by atoms with Crippen LogP contribution in [0.2, 0.25) is 0 Å². The van der Waals surface area contributed by atoms with Crippen LogP contribution < -0.4 is 11.5 Å². The monoisotopic (exact) mass is 194 g/mol. The van der Waals surface area contributed by atoms with E-state index >= 15 is 0 Å². The third-order valence-electron chi connectivity index (χ3n) is 4.67. The van der Waals surface area contributed by atoms with E-state index in [0.29, 0.717) is 10.8 Å². The molecule has 0 heterocycles. The van der Waals surface area contributed by atoms with Gasteiger partial charge < -0.3 is 11.5 Å². The molecule has 0 radical (unpaired) electrons. The number of rotatable bonds is 0. The molecular weight excluding hydrogens is 172 g/mol. The van der Waals surface area contributed by atoms with Crippen molar-refractivity contribution in [1.82, 2.24) is 0 Å². The van der Waals surface area contributed by atoms with E-state index in [1.165, 1.54) is 32.1 Å². The van der Waals surface area contributed by atoms with Gasteiger partial charge in [0.2, 0.25) is 0 Å². The van der Waals surface area contributed by atoms with Gasteiger partial charge in [-0.3, -0.25) is 0 Å². The Morgan fingerprint density at radius 2 is 1.00 bits per heavy atom. The third kappa shape index (κ3) is 1.10. The highest BCUT2D eigenvalue weighted by Gasteiger charge is 2.63. The zero-order valence-corrected chi connectivity index (χ0v) is 9.40. The van der Waals surface area contributed by atoms with Crippen LogP contribution in [0, 0.1) is 10.8 Å². The molecule has 0 aromatic carbocycles. The molecule has 4 rings (SSSR count). The van der Waals surface area contributed by atoms with Crippen LogP contribution in [0.3, 0.4) is 0 Å². The second-order valence-corrected chi connectivity index (χ2v) is 7.41. The average Bonchev–Trinajstić information content (AvgIpc) is 1.67. The Balaban J connectivity index is 2.08. The van der Waals surface area contributed by atoms with Crippen LogP contribution in [0.5, 0.6) is 0 Å². The van der Waals surface area contributed by atoms with Gasteiger partial charge in [0.05, 0.1) is 0 Å². The summed E-state index contributed by atoms with van der Waals surface area (Å²) in [6, 6.07) is 0. The lowest BCUT2D eigenvalue weighted by Gasteiger charge is -2.67. The van der Waals surface area contributed by atoms with Crippen molar-refractivity contribution in [1.29, 1.82) is 0 Å². The zero-order valence-electron chi connectivity index (χ0n) is 9.40. The van der Waals surface area contributed by atoms with Crippen LogP contribution in [0.4, 0.5) is 0 Å². The molecule has 2 nitrogen and oxygen atoms in total. The molecule has 0 spiro atoms. The average molecular weight is 194 g/mol. The molecule has 0 aromatic heterocycles. The van der Waals surface area contributed by atoms with Crippen LogP contribution in [-0.4, -0.2) is 11.1 Å². The molecule has 0 saturated heterocycles. The van der Waals surface area contributed by atoms with Crippen LogP contribution in [-0.2, 0) is 0 Å². The van der Waals surface area contributed by atoms with Crippen molar-refractivity contribution in [3.05, 3.63) is 0 Å². The maximum atomic E-state index is 6.50. The SMILES string of the molecule is CC12CC3(C)CC(N)(C1)CC(N)(C2)C3. The summed E-state index contributed by atoms with van der Waals surface area (Å²) in [5.41, 5.74) is 14.0. The molecule has 2 heteroatoms. The molecule has 4 fully saturated rings. The van der Waals surface area contributed by atoms with Gasteiger partial charge in [-0.25, -0.2) is 0 Å². The molecule has 0 amide bonds. The third-order valence-corrected chi connectivity index (χ3v) is 4.67. The minimum absolute atomic E-state index is 0.0625. The van der Waals surface area contributed by atoms with E-state index in [0.717, 1.165) is 6.42 Å². The maximum Gasteiger partial charge on any atom is 0.0182 e. The van der Waals surface area contributed by atoms with E-state index in [1.807, 2.05) is 0 Å². The van der Waals surface area contributed by atoms with Crippen molar-refractivity contribution in [2.75, 3.05) is 0 Å². The molecule has 0 unspecified atom stereocenters. The topological polar surface area (TPSA) is 52.0 Å². The van der Waals surface area contributed by atoms with E-state index < -0.39 is 0 Å². The van der Waals surface area contributed by atoms with Gasteiger partial charge in [0.25, 0.3) is 0 Å². The van der Waals surface area contributed by atoms with Gasteiger partial charge in [0.1, 0.15) is 0 Å². The molecule has 0 atom stereocenters. The number of hydrogen-bond donors (Lipinski definition) is 2. The molecular formula is C12H22N2. The summed E-state index contributed by atoms with van der Waals surface area (Å²) in [5, 5.41) is 0. The van der Waals surface area contributed by atoms with E-state index in [9.17, 15) is 0 Å². The van der Waals surface area contributed by atoms with Gasteiger partial charge in [-0.05, 0) is 49.4 Å². The first-order chi connectivity index (χ1) is 6.24. The predicted molar refractivity (Wildman–Crippen MR) is 57.8 cm³/mol. The smallest absolute Gasteiger partial charge is 0.0182 e. The molecule has 80 valence electrons. The van der Waals surface area contributed by atoms with Crippen molar-refractivity contribution in [3.63, 3.8) is 0 Å². The van der Waals surface area contributed by atoms with E-state index in [2.05, 4.69) is 13.8 Å². The summed E-state index contributed by atoms with van der Waals surface area (Å²) >= 11 is 0. The summed E-state index contributed by atoms with van der Waals surface area (Å²) in [6.45, 7) is 4.79. The first kappa shape index (κ1) is 9.17. The summed E-state index contributed by atoms with van der Waals surface area (Å²) in [5.74, 6) is 0. The molecule has 0 aliphatic heterocycles. The minimum atomic E-state index is 0.0625. The highest BCUT2D eigenvalue weighted by molar-refractivity contribution is 5.20. The molecule has 4 aliphatic rings. The molecule has 4 bridgehead atoms. The Kier molecular flexibility index (Phi) is 1.34. The van der Waals surface area contributed by atoms with E-state index in [4.69, 9.17) is 11.5 Å². The van der Waals surface area contributed by atoms with E-state index in [-0.39, 0.29) is 11.1 Å². The van der Waals surface area contributed by atoms with E-state index in [1.54, 1.807) is 0 Å². The highest BCUT2D eigenvalue weighted by atomic mass is 14.9. The summed E-state index contributed by atoms with van der Waals surface area (Å²) < 4.78 is 0. The standard InChI is InChI=1S/C12H22N2/c1-9-3-10(2)6-11(13,4-9)8-12(14,5-9)7-10/h3-8,13-14H2,1-2H3. The Morgan fingerprint density at radius 3 is 1.29 bits per heavy atom. The Bertz CT molecular complexity index is 201. The van der Waals surface area contributed by atoms with Crippen molar-refractivity contribution in [2.45, 2.75) is 63.5 Å². The molecule has 4 N–H and O–H groups in total. The Hall–Kier alpha value is -0.0800. The normalized spacial score (nSPS) is 66.0. The summed E-state index contributed by atoms with van der Waals surface area (Å²) in [6.07, 6.45) is 7.22. The first-order valence-electron chi connectivity index (χ1n) is 5.82. The Labute approximate surface area is 86.4 Å². The predicted octanol–water partition coefficient (Wildman–Crippen LogP) is 1.78.